The number of benzene rings is 2. The van der Waals surface area contributed by atoms with Gasteiger partial charge in [-0.3, -0.25) is 4.79 Å². The number of carbonyl (C=O) groups excluding carboxylic acids is 1. The lowest BCUT2D eigenvalue weighted by atomic mass is 9.91. The lowest BCUT2D eigenvalue weighted by Crippen LogP contribution is -2.39. The molecule has 0 spiro atoms. The molecule has 0 saturated carbocycles. The highest BCUT2D eigenvalue weighted by Crippen LogP contribution is 2.37. The Kier molecular flexibility index (Phi) is 10.8. The van der Waals surface area contributed by atoms with Gasteiger partial charge in [-0.15, -0.1) is 0 Å². The molecule has 1 aliphatic rings. The van der Waals surface area contributed by atoms with Gasteiger partial charge in [0.2, 0.25) is 5.91 Å². The summed E-state index contributed by atoms with van der Waals surface area (Å²) in [6, 6.07) is 12.5. The van der Waals surface area contributed by atoms with Crippen molar-refractivity contribution in [1.29, 1.82) is 0 Å². The molecule has 36 heavy (non-hydrogen) atoms. The van der Waals surface area contributed by atoms with Crippen molar-refractivity contribution in [3.8, 4) is 0 Å². The zero-order valence-corrected chi connectivity index (χ0v) is 20.5. The molecular weight excluding hydrogens is 486 g/mol. The van der Waals surface area contributed by atoms with E-state index in [1.807, 2.05) is 6.92 Å². The summed E-state index contributed by atoms with van der Waals surface area (Å²) in [6.07, 6.45) is -7.61. The Bertz CT molecular complexity index is 923. The fourth-order valence-corrected chi connectivity index (χ4v) is 3.79. The van der Waals surface area contributed by atoms with E-state index in [0.717, 1.165) is 19.5 Å². The fraction of sp³-hybridized carbons (Fsp3) is 0.500. The molecule has 2 aromatic rings. The SMILES string of the molecule is CCC(=O)NCC1CCC(c2ccccc2)NC1.COC(C)c1cc(C(F)(F)F)cc(C(F)(F)F)c1. The second kappa shape index (κ2) is 13.1. The largest absolute Gasteiger partial charge is 0.416 e. The van der Waals surface area contributed by atoms with Crippen LogP contribution >= 0.6 is 0 Å². The molecule has 3 rings (SSSR count). The Labute approximate surface area is 207 Å². The van der Waals surface area contributed by atoms with Gasteiger partial charge in [0.15, 0.2) is 0 Å². The zero-order valence-electron chi connectivity index (χ0n) is 20.5. The molecule has 1 saturated heterocycles. The van der Waals surface area contributed by atoms with E-state index in [-0.39, 0.29) is 17.5 Å². The van der Waals surface area contributed by atoms with Gasteiger partial charge in [0.25, 0.3) is 0 Å². The van der Waals surface area contributed by atoms with Gasteiger partial charge in [0.05, 0.1) is 17.2 Å². The molecule has 2 N–H and O–H groups in total. The van der Waals surface area contributed by atoms with Crippen LogP contribution in [0.1, 0.15) is 67.5 Å². The van der Waals surface area contributed by atoms with Crippen LogP contribution in [0.2, 0.25) is 0 Å². The molecule has 1 amide bonds. The smallest absolute Gasteiger partial charge is 0.377 e. The van der Waals surface area contributed by atoms with E-state index in [2.05, 4.69) is 41.0 Å². The van der Waals surface area contributed by atoms with Crippen molar-refractivity contribution in [3.05, 3.63) is 70.8 Å². The Morgan fingerprint density at radius 3 is 2.06 bits per heavy atom. The third-order valence-electron chi connectivity index (χ3n) is 6.06. The summed E-state index contributed by atoms with van der Waals surface area (Å²) in [5.41, 5.74) is -1.47. The first kappa shape index (κ1) is 29.6. The molecule has 0 aliphatic carbocycles. The van der Waals surface area contributed by atoms with Crippen LogP contribution in [-0.2, 0) is 21.9 Å². The number of carbonyl (C=O) groups is 1. The molecule has 1 aliphatic heterocycles. The van der Waals surface area contributed by atoms with Crippen LogP contribution in [0.15, 0.2) is 48.5 Å². The van der Waals surface area contributed by atoms with E-state index >= 15 is 0 Å². The van der Waals surface area contributed by atoms with E-state index in [9.17, 15) is 31.1 Å². The van der Waals surface area contributed by atoms with Gasteiger partial charge in [-0.05, 0) is 55.0 Å². The summed E-state index contributed by atoms with van der Waals surface area (Å²) in [6.45, 7) is 5.06. The predicted octanol–water partition coefficient (Wildman–Crippen LogP) is 6.69. The third-order valence-corrected chi connectivity index (χ3v) is 6.06. The van der Waals surface area contributed by atoms with E-state index in [4.69, 9.17) is 4.74 Å². The summed E-state index contributed by atoms with van der Waals surface area (Å²) in [7, 11) is 1.21. The van der Waals surface area contributed by atoms with Gasteiger partial charge in [0.1, 0.15) is 0 Å². The topological polar surface area (TPSA) is 50.4 Å². The summed E-state index contributed by atoms with van der Waals surface area (Å²) < 4.78 is 79.7. The molecular formula is C26H32F6N2O2. The summed E-state index contributed by atoms with van der Waals surface area (Å²) in [5, 5.41) is 6.55. The minimum absolute atomic E-state index is 0.0892. The average molecular weight is 519 g/mol. The summed E-state index contributed by atoms with van der Waals surface area (Å²) in [5.74, 6) is 0.723. The Morgan fingerprint density at radius 2 is 1.61 bits per heavy atom. The second-order valence-electron chi connectivity index (χ2n) is 8.69. The minimum atomic E-state index is -4.83. The van der Waals surface area contributed by atoms with Gasteiger partial charge in [-0.1, -0.05) is 37.3 Å². The lowest BCUT2D eigenvalue weighted by Gasteiger charge is -2.30. The molecule has 1 heterocycles. The van der Waals surface area contributed by atoms with Crippen LogP contribution in [0.4, 0.5) is 26.3 Å². The molecule has 1 fully saturated rings. The molecule has 0 bridgehead atoms. The molecule has 4 nitrogen and oxygen atoms in total. The number of amides is 1. The normalized spacial score (nSPS) is 19.1. The van der Waals surface area contributed by atoms with Gasteiger partial charge in [-0.25, -0.2) is 0 Å². The van der Waals surface area contributed by atoms with Crippen LogP contribution in [-0.4, -0.2) is 26.1 Å². The first-order valence-electron chi connectivity index (χ1n) is 11.7. The Balaban J connectivity index is 0.000000254. The van der Waals surface area contributed by atoms with Crippen LogP contribution < -0.4 is 10.6 Å². The predicted molar refractivity (Wildman–Crippen MR) is 125 cm³/mol. The highest BCUT2D eigenvalue weighted by molar-refractivity contribution is 5.75. The molecule has 0 radical (unpaired) electrons. The van der Waals surface area contributed by atoms with Crippen LogP contribution in [0.5, 0.6) is 0 Å². The number of ether oxygens (including phenoxy) is 1. The van der Waals surface area contributed by atoms with E-state index in [0.29, 0.717) is 30.5 Å². The molecule has 200 valence electrons. The monoisotopic (exact) mass is 518 g/mol. The molecule has 0 aromatic heterocycles. The Morgan fingerprint density at radius 1 is 1.03 bits per heavy atom. The fourth-order valence-electron chi connectivity index (χ4n) is 3.79. The number of halogens is 6. The average Bonchev–Trinajstić information content (AvgIpc) is 2.86. The van der Waals surface area contributed by atoms with Crippen molar-refractivity contribution in [3.63, 3.8) is 0 Å². The van der Waals surface area contributed by atoms with Crippen molar-refractivity contribution in [2.75, 3.05) is 20.2 Å². The molecule has 3 atom stereocenters. The number of hydrogen-bond donors (Lipinski definition) is 2. The van der Waals surface area contributed by atoms with Gasteiger partial charge in [0, 0.05) is 32.7 Å². The van der Waals surface area contributed by atoms with E-state index in [1.54, 1.807) is 0 Å². The van der Waals surface area contributed by atoms with Crippen molar-refractivity contribution in [2.45, 2.75) is 57.6 Å². The lowest BCUT2D eigenvalue weighted by molar-refractivity contribution is -0.143. The van der Waals surface area contributed by atoms with Gasteiger partial charge in [-0.2, -0.15) is 26.3 Å². The highest BCUT2D eigenvalue weighted by Gasteiger charge is 2.37. The van der Waals surface area contributed by atoms with Crippen molar-refractivity contribution in [2.24, 2.45) is 5.92 Å². The number of alkyl halides is 6. The standard InChI is InChI=1S/C15H22N2O.C11H10F6O/c1-2-15(18)17-11-12-8-9-14(16-10-12)13-6-4-3-5-7-13;1-6(18-2)7-3-8(10(12,13)14)5-9(4-7)11(15,16)17/h3-7,12,14,16H,2,8-11H2,1H3,(H,17,18);3-6H,1-2H3. The zero-order chi connectivity index (χ0) is 26.9. The van der Waals surface area contributed by atoms with Crippen LogP contribution in [0.25, 0.3) is 0 Å². The maximum Gasteiger partial charge on any atom is 0.416 e. The number of piperidine rings is 1. The number of nitrogens with one attached hydrogen (secondary N) is 2. The third kappa shape index (κ3) is 9.13. The molecule has 2 aromatic carbocycles. The number of hydrogen-bond acceptors (Lipinski definition) is 3. The van der Waals surface area contributed by atoms with Gasteiger partial charge >= 0.3 is 12.4 Å². The summed E-state index contributed by atoms with van der Waals surface area (Å²) in [4.78, 5) is 11.2. The molecule has 10 heteroatoms. The van der Waals surface area contributed by atoms with Crippen LogP contribution in [0.3, 0.4) is 0 Å². The van der Waals surface area contributed by atoms with Crippen molar-refractivity contribution in [1.82, 2.24) is 10.6 Å². The van der Waals surface area contributed by atoms with Crippen molar-refractivity contribution < 1.29 is 35.9 Å². The number of methoxy groups -OCH3 is 1. The quantitative estimate of drug-likeness (QED) is 0.419. The van der Waals surface area contributed by atoms with E-state index < -0.39 is 29.6 Å². The van der Waals surface area contributed by atoms with Gasteiger partial charge < -0.3 is 15.4 Å². The maximum absolute atomic E-state index is 12.5. The van der Waals surface area contributed by atoms with Crippen LogP contribution in [0, 0.1) is 5.92 Å². The maximum atomic E-state index is 12.5. The second-order valence-corrected chi connectivity index (χ2v) is 8.69. The van der Waals surface area contributed by atoms with Crippen molar-refractivity contribution >= 4 is 5.91 Å². The number of rotatable bonds is 6. The minimum Gasteiger partial charge on any atom is -0.377 e. The first-order chi connectivity index (χ1) is 16.8. The van der Waals surface area contributed by atoms with E-state index in [1.165, 1.54) is 26.0 Å². The Hall–Kier alpha value is -2.59. The summed E-state index contributed by atoms with van der Waals surface area (Å²) >= 11 is 0. The molecule has 3 unspecified atom stereocenters. The highest BCUT2D eigenvalue weighted by atomic mass is 19.4. The first-order valence-corrected chi connectivity index (χ1v) is 11.7.